The number of hydrogen-bond acceptors (Lipinski definition) is 6. The van der Waals surface area contributed by atoms with E-state index in [1.807, 2.05) is 6.92 Å². The average molecular weight is 243 g/mol. The molecule has 0 aromatic heterocycles. The molecule has 0 N–H and O–H groups in total. The van der Waals surface area contributed by atoms with Gasteiger partial charge < -0.3 is 9.47 Å². The average Bonchev–Trinajstić information content (AvgIpc) is 2.31. The van der Waals surface area contributed by atoms with E-state index in [-0.39, 0.29) is 26.1 Å². The van der Waals surface area contributed by atoms with Gasteiger partial charge in [-0.1, -0.05) is 6.92 Å². The predicted molar refractivity (Wildman–Crippen MR) is 59.0 cm³/mol. The normalized spacial score (nSPS) is 11.2. The SMILES string of the molecule is CCCOC(=O)C(CCC(=O)OCC)N=C=O. The fraction of sp³-hybridized carbons (Fsp3) is 0.727. The zero-order chi connectivity index (χ0) is 13.1. The lowest BCUT2D eigenvalue weighted by Gasteiger charge is -2.09. The minimum atomic E-state index is -0.969. The van der Waals surface area contributed by atoms with Crippen LogP contribution in [0.4, 0.5) is 0 Å². The summed E-state index contributed by atoms with van der Waals surface area (Å²) in [6.07, 6.45) is 2.10. The van der Waals surface area contributed by atoms with Crippen LogP contribution in [0.2, 0.25) is 0 Å². The van der Waals surface area contributed by atoms with Gasteiger partial charge in [-0.15, -0.1) is 0 Å². The molecule has 0 aromatic carbocycles. The van der Waals surface area contributed by atoms with E-state index in [2.05, 4.69) is 4.99 Å². The van der Waals surface area contributed by atoms with Crippen molar-refractivity contribution in [2.75, 3.05) is 13.2 Å². The third kappa shape index (κ3) is 7.25. The summed E-state index contributed by atoms with van der Waals surface area (Å²) in [6.45, 7) is 4.09. The highest BCUT2D eigenvalue weighted by atomic mass is 16.5. The number of isocyanates is 1. The Bertz CT molecular complexity index is 296. The number of ether oxygens (including phenoxy) is 2. The second-order valence-electron chi connectivity index (χ2n) is 3.25. The third-order valence-electron chi connectivity index (χ3n) is 1.86. The first-order chi connectivity index (χ1) is 8.15. The van der Waals surface area contributed by atoms with Crippen LogP contribution in [0.15, 0.2) is 4.99 Å². The van der Waals surface area contributed by atoms with E-state index in [0.717, 1.165) is 0 Å². The van der Waals surface area contributed by atoms with Crippen LogP contribution in [0.3, 0.4) is 0 Å². The Labute approximate surface area is 100.0 Å². The molecule has 17 heavy (non-hydrogen) atoms. The van der Waals surface area contributed by atoms with Gasteiger partial charge in [0, 0.05) is 6.42 Å². The zero-order valence-electron chi connectivity index (χ0n) is 10.1. The molecule has 0 aliphatic heterocycles. The van der Waals surface area contributed by atoms with Crippen molar-refractivity contribution in [3.05, 3.63) is 0 Å². The summed E-state index contributed by atoms with van der Waals surface area (Å²) < 4.78 is 9.53. The lowest BCUT2D eigenvalue weighted by Crippen LogP contribution is -2.23. The maximum absolute atomic E-state index is 11.4. The summed E-state index contributed by atoms with van der Waals surface area (Å²) in [6, 6.07) is -0.969. The van der Waals surface area contributed by atoms with Gasteiger partial charge in [-0.3, -0.25) is 4.79 Å². The maximum atomic E-state index is 11.4. The van der Waals surface area contributed by atoms with Gasteiger partial charge >= 0.3 is 11.9 Å². The fourth-order valence-corrected chi connectivity index (χ4v) is 1.09. The molecule has 0 rings (SSSR count). The first kappa shape index (κ1) is 15.3. The number of aliphatic imine (C=N–C) groups is 1. The van der Waals surface area contributed by atoms with Crippen molar-refractivity contribution >= 4 is 18.0 Å². The van der Waals surface area contributed by atoms with E-state index in [1.165, 1.54) is 6.08 Å². The molecular formula is C11H17NO5. The van der Waals surface area contributed by atoms with Crippen molar-refractivity contribution in [2.24, 2.45) is 4.99 Å². The minimum Gasteiger partial charge on any atom is -0.466 e. The minimum absolute atomic E-state index is 0.0188. The van der Waals surface area contributed by atoms with Gasteiger partial charge in [0.25, 0.3) is 0 Å². The zero-order valence-corrected chi connectivity index (χ0v) is 10.1. The highest BCUT2D eigenvalue weighted by Crippen LogP contribution is 2.06. The van der Waals surface area contributed by atoms with E-state index in [1.54, 1.807) is 6.92 Å². The van der Waals surface area contributed by atoms with E-state index in [0.29, 0.717) is 6.42 Å². The molecule has 1 atom stereocenters. The van der Waals surface area contributed by atoms with Crippen LogP contribution in [0, 0.1) is 0 Å². The van der Waals surface area contributed by atoms with Crippen molar-refractivity contribution in [3.8, 4) is 0 Å². The summed E-state index contributed by atoms with van der Waals surface area (Å²) >= 11 is 0. The van der Waals surface area contributed by atoms with Crippen molar-refractivity contribution < 1.29 is 23.9 Å². The summed E-state index contributed by atoms with van der Waals surface area (Å²) in [5.41, 5.74) is 0. The number of carbonyl (C=O) groups excluding carboxylic acids is 3. The van der Waals surface area contributed by atoms with E-state index >= 15 is 0 Å². The second-order valence-corrected chi connectivity index (χ2v) is 3.25. The Morgan fingerprint density at radius 1 is 1.29 bits per heavy atom. The second kappa shape index (κ2) is 9.54. The van der Waals surface area contributed by atoms with Crippen molar-refractivity contribution in [1.82, 2.24) is 0 Å². The van der Waals surface area contributed by atoms with Gasteiger partial charge in [-0.05, 0) is 19.8 Å². The molecule has 0 aromatic rings. The van der Waals surface area contributed by atoms with Gasteiger partial charge in [-0.2, -0.15) is 4.99 Å². The fourth-order valence-electron chi connectivity index (χ4n) is 1.09. The Morgan fingerprint density at radius 2 is 2.00 bits per heavy atom. The highest BCUT2D eigenvalue weighted by Gasteiger charge is 2.20. The van der Waals surface area contributed by atoms with Crippen LogP contribution < -0.4 is 0 Å². The molecule has 0 aliphatic rings. The summed E-state index contributed by atoms with van der Waals surface area (Å²) in [7, 11) is 0. The monoisotopic (exact) mass is 243 g/mol. The van der Waals surface area contributed by atoms with Gasteiger partial charge in [0.1, 0.15) is 0 Å². The molecule has 0 saturated heterocycles. The third-order valence-corrected chi connectivity index (χ3v) is 1.86. The molecule has 0 radical (unpaired) electrons. The standard InChI is InChI=1S/C11H17NO5/c1-3-7-17-11(15)9(12-8-13)5-6-10(14)16-4-2/h9H,3-7H2,1-2H3. The summed E-state index contributed by atoms with van der Waals surface area (Å²) in [5, 5.41) is 0. The largest absolute Gasteiger partial charge is 0.466 e. The van der Waals surface area contributed by atoms with Crippen molar-refractivity contribution in [2.45, 2.75) is 39.2 Å². The van der Waals surface area contributed by atoms with Crippen molar-refractivity contribution in [3.63, 3.8) is 0 Å². The van der Waals surface area contributed by atoms with Gasteiger partial charge in [-0.25, -0.2) is 9.59 Å². The van der Waals surface area contributed by atoms with Crippen molar-refractivity contribution in [1.29, 1.82) is 0 Å². The van der Waals surface area contributed by atoms with Crippen LogP contribution >= 0.6 is 0 Å². The number of esters is 2. The Kier molecular flexibility index (Phi) is 8.60. The van der Waals surface area contributed by atoms with Crippen LogP contribution in [-0.4, -0.2) is 37.3 Å². The summed E-state index contributed by atoms with van der Waals surface area (Å²) in [5.74, 6) is -1.04. The number of carbonyl (C=O) groups is 2. The molecule has 0 bridgehead atoms. The van der Waals surface area contributed by atoms with Crippen LogP contribution in [0.5, 0.6) is 0 Å². The van der Waals surface area contributed by atoms with E-state index < -0.39 is 18.0 Å². The number of rotatable bonds is 8. The first-order valence-corrected chi connectivity index (χ1v) is 5.54. The van der Waals surface area contributed by atoms with Crippen LogP contribution in [0.25, 0.3) is 0 Å². The maximum Gasteiger partial charge on any atom is 0.331 e. The van der Waals surface area contributed by atoms with Gasteiger partial charge in [0.05, 0.1) is 13.2 Å². The number of hydrogen-bond donors (Lipinski definition) is 0. The Hall–Kier alpha value is -1.68. The smallest absolute Gasteiger partial charge is 0.331 e. The quantitative estimate of drug-likeness (QED) is 0.360. The molecule has 0 amide bonds. The topological polar surface area (TPSA) is 82.0 Å². The van der Waals surface area contributed by atoms with Crippen LogP contribution in [0.1, 0.15) is 33.1 Å². The Morgan fingerprint density at radius 3 is 2.53 bits per heavy atom. The molecule has 1 unspecified atom stereocenters. The molecular weight excluding hydrogens is 226 g/mol. The molecule has 96 valence electrons. The molecule has 0 saturated carbocycles. The molecule has 0 heterocycles. The predicted octanol–water partition coefficient (Wildman–Crippen LogP) is 0.987. The molecule has 0 spiro atoms. The number of nitrogens with zero attached hydrogens (tertiary/aromatic N) is 1. The van der Waals surface area contributed by atoms with E-state index in [9.17, 15) is 14.4 Å². The highest BCUT2D eigenvalue weighted by molar-refractivity contribution is 5.78. The summed E-state index contributed by atoms with van der Waals surface area (Å²) in [4.78, 5) is 36.0. The molecule has 0 aliphatic carbocycles. The molecule has 6 nitrogen and oxygen atoms in total. The molecule has 0 fully saturated rings. The van der Waals surface area contributed by atoms with Gasteiger partial charge in [0.15, 0.2) is 6.04 Å². The Balaban J connectivity index is 4.19. The lowest BCUT2D eigenvalue weighted by molar-refractivity contribution is -0.146. The van der Waals surface area contributed by atoms with E-state index in [4.69, 9.17) is 9.47 Å². The first-order valence-electron chi connectivity index (χ1n) is 5.54. The van der Waals surface area contributed by atoms with Gasteiger partial charge in [0.2, 0.25) is 6.08 Å². The van der Waals surface area contributed by atoms with Crippen LogP contribution in [-0.2, 0) is 23.9 Å². The molecule has 6 heteroatoms. The lowest BCUT2D eigenvalue weighted by atomic mass is 10.1.